The summed E-state index contributed by atoms with van der Waals surface area (Å²) >= 11 is 0. The van der Waals surface area contributed by atoms with Crippen molar-refractivity contribution in [1.29, 1.82) is 0 Å². The van der Waals surface area contributed by atoms with Crippen molar-refractivity contribution in [3.05, 3.63) is 29.6 Å². The summed E-state index contributed by atoms with van der Waals surface area (Å²) in [6, 6.07) is 4.42. The Morgan fingerprint density at radius 2 is 2.08 bits per heavy atom. The Bertz CT molecular complexity index is 284. The molecule has 1 nitrogen and oxygen atoms in total. The van der Waals surface area contributed by atoms with Gasteiger partial charge in [0, 0.05) is 5.56 Å². The van der Waals surface area contributed by atoms with Gasteiger partial charge in [0.15, 0.2) is 0 Å². The highest BCUT2D eigenvalue weighted by molar-refractivity contribution is 5.36. The molecule has 0 amide bonds. The minimum absolute atomic E-state index is 0.0113. The van der Waals surface area contributed by atoms with Crippen molar-refractivity contribution in [2.24, 2.45) is 0 Å². The monoisotopic (exact) mass is 186 g/mol. The van der Waals surface area contributed by atoms with Crippen molar-refractivity contribution in [2.45, 2.75) is 19.8 Å². The predicted octanol–water partition coefficient (Wildman–Crippen LogP) is 3.25. The Balaban J connectivity index is 3.10. The van der Waals surface area contributed by atoms with Gasteiger partial charge in [0.2, 0.25) is 6.86 Å². The van der Waals surface area contributed by atoms with Gasteiger partial charge in [-0.1, -0.05) is 19.9 Å². The molecule has 0 bridgehead atoms. The van der Waals surface area contributed by atoms with Gasteiger partial charge in [0.25, 0.3) is 0 Å². The van der Waals surface area contributed by atoms with Gasteiger partial charge in [-0.05, 0) is 18.1 Å². The van der Waals surface area contributed by atoms with Crippen LogP contribution in [0.15, 0.2) is 18.2 Å². The van der Waals surface area contributed by atoms with E-state index in [2.05, 4.69) is 4.74 Å². The van der Waals surface area contributed by atoms with Crippen LogP contribution < -0.4 is 4.74 Å². The average Bonchev–Trinajstić information content (AvgIpc) is 2.04. The first kappa shape index (κ1) is 9.96. The molecule has 1 aromatic rings. The predicted molar refractivity (Wildman–Crippen MR) is 47.1 cm³/mol. The molecule has 0 aliphatic rings. The number of alkyl halides is 1. The summed E-state index contributed by atoms with van der Waals surface area (Å²) in [6.07, 6.45) is 0. The molecule has 0 saturated carbocycles. The molecule has 1 rings (SSSR count). The van der Waals surface area contributed by atoms with Crippen LogP contribution in [0.5, 0.6) is 5.75 Å². The molecule has 0 radical (unpaired) electrons. The fourth-order valence-electron chi connectivity index (χ4n) is 1.26. The van der Waals surface area contributed by atoms with Gasteiger partial charge in [-0.15, -0.1) is 0 Å². The molecule has 0 aliphatic heterocycles. The van der Waals surface area contributed by atoms with Crippen LogP contribution in [0.3, 0.4) is 0 Å². The van der Waals surface area contributed by atoms with Gasteiger partial charge >= 0.3 is 0 Å². The number of rotatable bonds is 3. The molecule has 0 spiro atoms. The van der Waals surface area contributed by atoms with Gasteiger partial charge in [-0.3, -0.25) is 0 Å². The normalized spacial score (nSPS) is 10.5. The summed E-state index contributed by atoms with van der Waals surface area (Å²) < 4.78 is 29.8. The quantitative estimate of drug-likeness (QED) is 0.704. The molecule has 3 heteroatoms. The average molecular weight is 186 g/mol. The van der Waals surface area contributed by atoms with Crippen molar-refractivity contribution >= 4 is 0 Å². The van der Waals surface area contributed by atoms with Gasteiger partial charge in [-0.25, -0.2) is 8.78 Å². The zero-order valence-electron chi connectivity index (χ0n) is 7.68. The molecular formula is C10H12F2O. The molecule has 72 valence electrons. The fraction of sp³-hybridized carbons (Fsp3) is 0.400. The van der Waals surface area contributed by atoms with Crippen LogP contribution in [0, 0.1) is 5.82 Å². The minimum Gasteiger partial charge on any atom is -0.463 e. The number of ether oxygens (including phenoxy) is 1. The van der Waals surface area contributed by atoms with Crippen molar-refractivity contribution < 1.29 is 13.5 Å². The Hall–Kier alpha value is -1.12. The lowest BCUT2D eigenvalue weighted by Gasteiger charge is -2.12. The maximum absolute atomic E-state index is 13.2. The molecule has 0 aliphatic carbocycles. The van der Waals surface area contributed by atoms with E-state index in [0.717, 1.165) is 0 Å². The van der Waals surface area contributed by atoms with Crippen LogP contribution in [0.1, 0.15) is 25.3 Å². The first-order valence-corrected chi connectivity index (χ1v) is 4.14. The molecule has 0 fully saturated rings. The summed E-state index contributed by atoms with van der Waals surface area (Å²) in [5.41, 5.74) is 0.431. The highest BCUT2D eigenvalue weighted by Gasteiger charge is 2.12. The number of hydrogen-bond donors (Lipinski definition) is 0. The van der Waals surface area contributed by atoms with Crippen LogP contribution in [-0.2, 0) is 0 Å². The van der Waals surface area contributed by atoms with E-state index in [4.69, 9.17) is 0 Å². The van der Waals surface area contributed by atoms with E-state index in [1.54, 1.807) is 6.07 Å². The first-order valence-electron chi connectivity index (χ1n) is 4.14. The number of halogens is 2. The second kappa shape index (κ2) is 4.21. The zero-order chi connectivity index (χ0) is 9.84. The van der Waals surface area contributed by atoms with Crippen LogP contribution in [0.4, 0.5) is 8.78 Å². The highest BCUT2D eigenvalue weighted by atomic mass is 19.1. The smallest absolute Gasteiger partial charge is 0.228 e. The van der Waals surface area contributed by atoms with Crippen molar-refractivity contribution in [1.82, 2.24) is 0 Å². The van der Waals surface area contributed by atoms with E-state index in [1.165, 1.54) is 12.1 Å². The molecule has 13 heavy (non-hydrogen) atoms. The number of hydrogen-bond acceptors (Lipinski definition) is 1. The second-order valence-electron chi connectivity index (χ2n) is 3.06. The zero-order valence-corrected chi connectivity index (χ0v) is 7.68. The van der Waals surface area contributed by atoms with Crippen LogP contribution in [0.2, 0.25) is 0 Å². The summed E-state index contributed by atoms with van der Waals surface area (Å²) in [5, 5.41) is 0. The van der Waals surface area contributed by atoms with Gasteiger partial charge in [0.05, 0.1) is 0 Å². The largest absolute Gasteiger partial charge is 0.463 e. The molecule has 0 saturated heterocycles. The summed E-state index contributed by atoms with van der Waals surface area (Å²) in [5.74, 6) is -0.0683. The lowest BCUT2D eigenvalue weighted by atomic mass is 10.0. The maximum Gasteiger partial charge on any atom is 0.228 e. The molecule has 0 N–H and O–H groups in total. The van der Waals surface area contributed by atoms with Crippen molar-refractivity contribution in [3.8, 4) is 5.75 Å². The molecule has 1 aromatic carbocycles. The van der Waals surface area contributed by atoms with E-state index < -0.39 is 6.86 Å². The highest BCUT2D eigenvalue weighted by Crippen LogP contribution is 2.28. The third-order valence-electron chi connectivity index (χ3n) is 1.80. The topological polar surface area (TPSA) is 9.23 Å². The molecular weight excluding hydrogens is 174 g/mol. The minimum atomic E-state index is -0.927. The van der Waals surface area contributed by atoms with E-state index in [1.807, 2.05) is 13.8 Å². The van der Waals surface area contributed by atoms with E-state index >= 15 is 0 Å². The summed E-state index contributed by atoms with van der Waals surface area (Å²) in [4.78, 5) is 0. The van der Waals surface area contributed by atoms with Gasteiger partial charge < -0.3 is 4.74 Å². The Morgan fingerprint density at radius 3 is 2.62 bits per heavy atom. The van der Waals surface area contributed by atoms with E-state index in [-0.39, 0.29) is 17.5 Å². The Labute approximate surface area is 76.3 Å². The van der Waals surface area contributed by atoms with Crippen LogP contribution in [-0.4, -0.2) is 6.86 Å². The summed E-state index contributed by atoms with van der Waals surface area (Å²) in [7, 11) is 0. The third kappa shape index (κ3) is 2.17. The molecule has 0 atom stereocenters. The van der Waals surface area contributed by atoms with Crippen molar-refractivity contribution in [2.75, 3.05) is 6.86 Å². The Kier molecular flexibility index (Phi) is 3.23. The maximum atomic E-state index is 13.2. The Morgan fingerprint density at radius 1 is 1.38 bits per heavy atom. The molecule has 0 heterocycles. The number of benzene rings is 1. The van der Waals surface area contributed by atoms with E-state index in [9.17, 15) is 8.78 Å². The van der Waals surface area contributed by atoms with Crippen LogP contribution in [0.25, 0.3) is 0 Å². The van der Waals surface area contributed by atoms with Crippen molar-refractivity contribution in [3.63, 3.8) is 0 Å². The second-order valence-corrected chi connectivity index (χ2v) is 3.06. The van der Waals surface area contributed by atoms with Gasteiger partial charge in [-0.2, -0.15) is 0 Å². The fourth-order valence-corrected chi connectivity index (χ4v) is 1.26. The van der Waals surface area contributed by atoms with Crippen LogP contribution >= 0.6 is 0 Å². The molecule has 0 aromatic heterocycles. The third-order valence-corrected chi connectivity index (χ3v) is 1.80. The lowest BCUT2D eigenvalue weighted by molar-refractivity contribution is 0.188. The summed E-state index contributed by atoms with van der Waals surface area (Å²) in [6.45, 7) is 2.75. The first-order chi connectivity index (χ1) is 6.16. The van der Waals surface area contributed by atoms with E-state index in [0.29, 0.717) is 5.56 Å². The van der Waals surface area contributed by atoms with Gasteiger partial charge in [0.1, 0.15) is 11.6 Å². The lowest BCUT2D eigenvalue weighted by Crippen LogP contribution is -2.00. The standard InChI is InChI=1S/C10H12F2O/c1-7(2)10-8(12)4-3-5-9(10)13-6-11/h3-5,7H,6H2,1-2H3. The molecule has 0 unspecified atom stereocenters. The SMILES string of the molecule is CC(C)c1c(F)cccc1OCF.